The molecule has 5 rings (SSSR count). The molecule has 3 aromatic rings. The second-order valence-corrected chi connectivity index (χ2v) is 11.5. The summed E-state index contributed by atoms with van der Waals surface area (Å²) in [5, 5.41) is 2.92. The molecule has 0 bridgehead atoms. The maximum atomic E-state index is 14.5. The molecule has 1 saturated heterocycles. The number of rotatable bonds is 5. The van der Waals surface area contributed by atoms with Crippen LogP contribution >= 0.6 is 11.6 Å². The van der Waals surface area contributed by atoms with Gasteiger partial charge in [0.15, 0.2) is 15.7 Å². The predicted octanol–water partition coefficient (Wildman–Crippen LogP) is 2.57. The van der Waals surface area contributed by atoms with E-state index in [-0.39, 0.29) is 65.8 Å². The quantitative estimate of drug-likeness (QED) is 0.545. The Kier molecular flexibility index (Phi) is 6.48. The molecule has 8 nitrogen and oxygen atoms in total. The molecule has 0 spiro atoms. The Morgan fingerprint density at radius 3 is 2.42 bits per heavy atom. The second-order valence-electron chi connectivity index (χ2n) is 8.80. The standard InChI is InChI=1S/C25H22ClFN4O4S/c26-17-2-1-3-18(27)22(17)24-29-19(23-20(30-24)14-28-25(23)33)12-15-4-6-16(7-5-15)13-21(32)31-8-10-36(34,35)11-9-31/h1-7H,8-14H2,(H,28,33). The van der Waals surface area contributed by atoms with E-state index in [1.807, 2.05) is 24.3 Å². The molecule has 1 aromatic heterocycles. The van der Waals surface area contributed by atoms with E-state index in [0.717, 1.165) is 11.1 Å². The van der Waals surface area contributed by atoms with Crippen LogP contribution in [0.2, 0.25) is 5.02 Å². The number of sulfone groups is 1. The zero-order valence-electron chi connectivity index (χ0n) is 19.1. The second kappa shape index (κ2) is 9.59. The summed E-state index contributed by atoms with van der Waals surface area (Å²) in [6, 6.07) is 11.7. The molecule has 0 radical (unpaired) electrons. The maximum absolute atomic E-state index is 14.5. The van der Waals surface area contributed by atoms with Gasteiger partial charge in [-0.05, 0) is 23.3 Å². The third-order valence-corrected chi connectivity index (χ3v) is 8.26. The van der Waals surface area contributed by atoms with Crippen molar-refractivity contribution in [2.24, 2.45) is 0 Å². The molecule has 1 fully saturated rings. The fourth-order valence-corrected chi connectivity index (χ4v) is 5.82. The van der Waals surface area contributed by atoms with E-state index < -0.39 is 15.7 Å². The van der Waals surface area contributed by atoms with E-state index in [1.165, 1.54) is 12.1 Å². The van der Waals surface area contributed by atoms with Gasteiger partial charge in [0.2, 0.25) is 5.91 Å². The molecule has 0 unspecified atom stereocenters. The van der Waals surface area contributed by atoms with Crippen LogP contribution in [0.25, 0.3) is 11.4 Å². The number of benzene rings is 2. The first kappa shape index (κ1) is 24.3. The highest BCUT2D eigenvalue weighted by Crippen LogP contribution is 2.31. The van der Waals surface area contributed by atoms with Gasteiger partial charge in [0.05, 0.1) is 52.0 Å². The summed E-state index contributed by atoms with van der Waals surface area (Å²) in [4.78, 5) is 35.5. The number of nitrogens with one attached hydrogen (secondary N) is 1. The van der Waals surface area contributed by atoms with Crippen molar-refractivity contribution in [2.75, 3.05) is 24.6 Å². The highest BCUT2D eigenvalue weighted by molar-refractivity contribution is 7.91. The first-order valence-corrected chi connectivity index (χ1v) is 13.6. The Balaban J connectivity index is 1.36. The van der Waals surface area contributed by atoms with E-state index in [9.17, 15) is 22.4 Å². The SMILES string of the molecule is O=C1NCc2nc(-c3c(F)cccc3Cl)nc(Cc3ccc(CC(=O)N4CCS(=O)(=O)CC4)cc3)c21. The van der Waals surface area contributed by atoms with Crippen molar-refractivity contribution in [3.63, 3.8) is 0 Å². The summed E-state index contributed by atoms with van der Waals surface area (Å²) in [6.45, 7) is 0.657. The van der Waals surface area contributed by atoms with Gasteiger partial charge in [-0.1, -0.05) is 41.9 Å². The van der Waals surface area contributed by atoms with E-state index in [2.05, 4.69) is 15.3 Å². The molecule has 1 N–H and O–H groups in total. The molecule has 2 aliphatic rings. The number of nitrogens with zero attached hydrogens (tertiary/aromatic N) is 3. The highest BCUT2D eigenvalue weighted by Gasteiger charge is 2.28. The van der Waals surface area contributed by atoms with Gasteiger partial charge < -0.3 is 10.2 Å². The Morgan fingerprint density at radius 2 is 1.72 bits per heavy atom. The Hall–Kier alpha value is -3.37. The largest absolute Gasteiger partial charge is 0.346 e. The molecule has 186 valence electrons. The Bertz CT molecular complexity index is 1440. The van der Waals surface area contributed by atoms with Crippen LogP contribution in [0.3, 0.4) is 0 Å². The third kappa shape index (κ3) is 4.96. The Labute approximate surface area is 212 Å². The van der Waals surface area contributed by atoms with Crippen LogP contribution in [-0.4, -0.2) is 59.7 Å². The molecular weight excluding hydrogens is 507 g/mol. The topological polar surface area (TPSA) is 109 Å². The van der Waals surface area contributed by atoms with Gasteiger partial charge in [-0.15, -0.1) is 0 Å². The van der Waals surface area contributed by atoms with Gasteiger partial charge in [-0.25, -0.2) is 22.8 Å². The van der Waals surface area contributed by atoms with Crippen LogP contribution < -0.4 is 5.32 Å². The van der Waals surface area contributed by atoms with Crippen molar-refractivity contribution in [2.45, 2.75) is 19.4 Å². The van der Waals surface area contributed by atoms with Crippen LogP contribution in [0, 0.1) is 5.82 Å². The Morgan fingerprint density at radius 1 is 1.03 bits per heavy atom. The average Bonchev–Trinajstić information content (AvgIpc) is 3.21. The minimum Gasteiger partial charge on any atom is -0.346 e. The summed E-state index contributed by atoms with van der Waals surface area (Å²) in [5.74, 6) is -0.838. The lowest BCUT2D eigenvalue weighted by Crippen LogP contribution is -2.44. The summed E-state index contributed by atoms with van der Waals surface area (Å²) < 4.78 is 37.7. The summed E-state index contributed by atoms with van der Waals surface area (Å²) in [7, 11) is -3.05. The van der Waals surface area contributed by atoms with Gasteiger partial charge in [0.1, 0.15) is 5.82 Å². The smallest absolute Gasteiger partial charge is 0.255 e. The third-order valence-electron chi connectivity index (χ3n) is 6.34. The van der Waals surface area contributed by atoms with Gasteiger partial charge in [0, 0.05) is 19.5 Å². The fourth-order valence-electron chi connectivity index (χ4n) is 4.37. The lowest BCUT2D eigenvalue weighted by atomic mass is 10.0. The molecule has 2 aromatic carbocycles. The van der Waals surface area contributed by atoms with Crippen molar-refractivity contribution < 1.29 is 22.4 Å². The van der Waals surface area contributed by atoms with Crippen LogP contribution in [-0.2, 0) is 34.0 Å². The minimum atomic E-state index is -3.05. The first-order valence-electron chi connectivity index (χ1n) is 11.4. The minimum absolute atomic E-state index is 0.00537. The number of carbonyl (C=O) groups is 2. The number of carbonyl (C=O) groups excluding carboxylic acids is 2. The number of amides is 2. The number of hydrogen-bond donors (Lipinski definition) is 1. The van der Waals surface area contributed by atoms with Crippen molar-refractivity contribution in [3.05, 3.63) is 81.4 Å². The molecule has 36 heavy (non-hydrogen) atoms. The van der Waals surface area contributed by atoms with Crippen LogP contribution in [0.5, 0.6) is 0 Å². The van der Waals surface area contributed by atoms with Crippen molar-refractivity contribution in [1.82, 2.24) is 20.2 Å². The normalized spacial score (nSPS) is 16.5. The van der Waals surface area contributed by atoms with Crippen LogP contribution in [0.4, 0.5) is 4.39 Å². The maximum Gasteiger partial charge on any atom is 0.255 e. The fraction of sp³-hybridized carbons (Fsp3) is 0.280. The van der Waals surface area contributed by atoms with E-state index in [4.69, 9.17) is 11.6 Å². The van der Waals surface area contributed by atoms with E-state index >= 15 is 0 Å². The average molecular weight is 529 g/mol. The van der Waals surface area contributed by atoms with Crippen LogP contribution in [0.1, 0.15) is 32.9 Å². The lowest BCUT2D eigenvalue weighted by molar-refractivity contribution is -0.130. The molecule has 0 atom stereocenters. The predicted molar refractivity (Wildman–Crippen MR) is 132 cm³/mol. The number of fused-ring (bicyclic) bond motifs is 1. The van der Waals surface area contributed by atoms with Gasteiger partial charge in [-0.3, -0.25) is 9.59 Å². The molecule has 0 saturated carbocycles. The van der Waals surface area contributed by atoms with Crippen molar-refractivity contribution >= 4 is 33.3 Å². The number of aromatic nitrogens is 2. The molecule has 11 heteroatoms. The van der Waals surface area contributed by atoms with Gasteiger partial charge >= 0.3 is 0 Å². The monoisotopic (exact) mass is 528 g/mol. The zero-order chi connectivity index (χ0) is 25.4. The zero-order valence-corrected chi connectivity index (χ0v) is 20.7. The molecule has 3 heterocycles. The number of halogens is 2. The van der Waals surface area contributed by atoms with Crippen LogP contribution in [0.15, 0.2) is 42.5 Å². The number of hydrogen-bond acceptors (Lipinski definition) is 6. The summed E-state index contributed by atoms with van der Waals surface area (Å²) in [5.41, 5.74) is 3.06. The van der Waals surface area contributed by atoms with E-state index in [1.54, 1.807) is 11.0 Å². The molecule has 2 amide bonds. The molecule has 0 aliphatic carbocycles. The van der Waals surface area contributed by atoms with Gasteiger partial charge in [-0.2, -0.15) is 0 Å². The van der Waals surface area contributed by atoms with Gasteiger partial charge in [0.25, 0.3) is 5.91 Å². The lowest BCUT2D eigenvalue weighted by Gasteiger charge is -2.26. The molecular formula is C25H22ClFN4O4S. The summed E-state index contributed by atoms with van der Waals surface area (Å²) in [6.07, 6.45) is 0.469. The van der Waals surface area contributed by atoms with Crippen molar-refractivity contribution in [1.29, 1.82) is 0 Å². The highest BCUT2D eigenvalue weighted by atomic mass is 35.5. The van der Waals surface area contributed by atoms with Crippen molar-refractivity contribution in [3.8, 4) is 11.4 Å². The molecule has 2 aliphatic heterocycles. The summed E-state index contributed by atoms with van der Waals surface area (Å²) >= 11 is 6.22. The van der Waals surface area contributed by atoms with E-state index in [0.29, 0.717) is 23.4 Å². The first-order chi connectivity index (χ1) is 17.2.